The Bertz CT molecular complexity index is 8980. The molecule has 0 saturated heterocycles. The van der Waals surface area contributed by atoms with Crippen LogP contribution < -0.4 is 0 Å². The number of para-hydroxylation sites is 12. The Hall–Kier alpha value is -15.6. The third-order valence-corrected chi connectivity index (χ3v) is 26.6. The number of rotatable bonds is 4. The molecule has 0 aliphatic carbocycles. The number of aromatic nitrogens is 6. The molecular formula is C108H58N6O2. The maximum absolute atomic E-state index is 6.61. The van der Waals surface area contributed by atoms with E-state index in [-0.39, 0.29) is 0 Å². The second-order valence-electron chi connectivity index (χ2n) is 32.0. The summed E-state index contributed by atoms with van der Waals surface area (Å²) in [7, 11) is 0. The monoisotopic (exact) mass is 1470 g/mol. The molecule has 0 amide bonds. The second kappa shape index (κ2) is 21.3. The molecule has 0 aliphatic rings. The molecule has 8 nitrogen and oxygen atoms in total. The van der Waals surface area contributed by atoms with Crippen LogP contribution in [0.4, 0.5) is 0 Å². The molecule has 0 atom stereocenters. The first-order chi connectivity index (χ1) is 57.6. The van der Waals surface area contributed by atoms with Crippen LogP contribution in [0, 0.1) is 0 Å². The molecule has 0 saturated carbocycles. The number of nitrogens with zero attached hydrogens (tertiary/aromatic N) is 6. The summed E-state index contributed by atoms with van der Waals surface area (Å²) in [5.41, 5.74) is 30.5. The number of furan rings is 2. The Morgan fingerprint density at radius 3 is 0.750 bits per heavy atom. The number of hydrogen-bond acceptors (Lipinski definition) is 2. The van der Waals surface area contributed by atoms with E-state index in [1.165, 1.54) is 218 Å². The van der Waals surface area contributed by atoms with Crippen LogP contribution in [-0.4, -0.2) is 26.7 Å². The molecule has 0 fully saturated rings. The van der Waals surface area contributed by atoms with Crippen LogP contribution in [-0.2, 0) is 0 Å². The van der Waals surface area contributed by atoms with Crippen molar-refractivity contribution < 1.29 is 8.83 Å². The molecule has 0 aliphatic heterocycles. The van der Waals surface area contributed by atoms with Gasteiger partial charge in [-0.05, 0) is 108 Å². The number of hydrogen-bond donors (Lipinski definition) is 0. The van der Waals surface area contributed by atoms with Crippen LogP contribution in [0.3, 0.4) is 0 Å². The fourth-order valence-electron chi connectivity index (χ4n) is 22.1. The highest BCUT2D eigenvalue weighted by Crippen LogP contribution is 2.54. The molecule has 0 N–H and O–H groups in total. The average molecular weight is 1470 g/mol. The SMILES string of the molecule is c1ccc2c(c1)c1ccccc1n2-c1ccc2c3cc4c(cc3n3c5ccccc5c1c23)c1ccc(-n2c3ccccc3c3ccccc32)c2c3ccccc3n4c12.c1ccc2c(c1)oc1c(-c3ccc4c5cc6c(cc5n5c7ccccc7c3c45)c3ccc(-c4cccc5c4oc4ccccc45)c4c5ccccc5n6c34)cccc12. The van der Waals surface area contributed by atoms with E-state index in [1.54, 1.807) is 0 Å². The summed E-state index contributed by atoms with van der Waals surface area (Å²) in [4.78, 5) is 0. The molecule has 18 aromatic carbocycles. The maximum Gasteiger partial charge on any atom is 0.143 e. The lowest BCUT2D eigenvalue weighted by molar-refractivity contribution is 0.669. The van der Waals surface area contributed by atoms with Gasteiger partial charge in [0.1, 0.15) is 22.3 Å². The van der Waals surface area contributed by atoms with Gasteiger partial charge in [0.25, 0.3) is 0 Å². The number of fused-ring (bicyclic) bond motifs is 36. The summed E-state index contributed by atoms with van der Waals surface area (Å²) in [6, 6.07) is 130. The van der Waals surface area contributed by atoms with E-state index < -0.39 is 0 Å². The Morgan fingerprint density at radius 2 is 0.414 bits per heavy atom. The lowest BCUT2D eigenvalue weighted by atomic mass is 9.95. The first kappa shape index (κ1) is 60.1. The fraction of sp³-hybridized carbons (Fsp3) is 0. The maximum atomic E-state index is 6.61. The van der Waals surface area contributed by atoms with Gasteiger partial charge in [0.15, 0.2) is 0 Å². The van der Waals surface area contributed by atoms with Crippen LogP contribution in [0.2, 0.25) is 0 Å². The highest BCUT2D eigenvalue weighted by Gasteiger charge is 2.31. The standard InChI is InChI=1S/C54H30N4.C54H28N2O2/c1-7-19-41-31(13-1)32-14-2-8-20-42(32)55(41)47-27-25-35-39-29-50-40(30-49(39)57-45-23-11-5-17-37(45)51(47)53(35)57)36-26-28-48(52-38-18-6-12-24-46(38)58(50)54(36)52)56-43-21-9-3-15-33(43)34-16-4-10-22-44(34)56;1-5-19-43-39(13-1)49-31(37-17-9-15-35-29-11-3-7-21-47(29)57-53(35)37)23-25-33-41-28-46-42(27-45(41)55(43)51(33)49)34-26-24-32(50-40-14-2-6-20-44(40)56(46)52(34)50)38-18-10-16-36-30-12-4-8-22-48(30)58-54(36)38/h1-30H;1-28H. The zero-order chi connectivity index (χ0) is 74.8. The molecule has 0 radical (unpaired) electrons. The smallest absolute Gasteiger partial charge is 0.143 e. The predicted octanol–water partition coefficient (Wildman–Crippen LogP) is 29.3. The quantitative estimate of drug-likeness (QED) is 0.176. The lowest BCUT2D eigenvalue weighted by Gasteiger charge is -2.11. The summed E-state index contributed by atoms with van der Waals surface area (Å²) < 4.78 is 28.3. The van der Waals surface area contributed by atoms with E-state index in [2.05, 4.69) is 366 Å². The van der Waals surface area contributed by atoms with Crippen LogP contribution in [0.5, 0.6) is 0 Å². The fourth-order valence-corrected chi connectivity index (χ4v) is 22.1. The molecule has 0 bridgehead atoms. The summed E-state index contributed by atoms with van der Waals surface area (Å²) in [5, 5.41) is 30.0. The highest BCUT2D eigenvalue weighted by molar-refractivity contribution is 6.35. The van der Waals surface area contributed by atoms with Crippen molar-refractivity contribution in [2.24, 2.45) is 0 Å². The highest BCUT2D eigenvalue weighted by atomic mass is 16.3. The van der Waals surface area contributed by atoms with Gasteiger partial charge in [-0.2, -0.15) is 0 Å². The Morgan fingerprint density at radius 1 is 0.155 bits per heavy atom. The van der Waals surface area contributed by atoms with Crippen LogP contribution in [0.1, 0.15) is 0 Å². The first-order valence-corrected chi connectivity index (χ1v) is 40.1. The Kier molecular flexibility index (Phi) is 11.1. The summed E-state index contributed by atoms with van der Waals surface area (Å²) in [6.07, 6.45) is 0. The van der Waals surface area contributed by atoms with Gasteiger partial charge in [-0.25, -0.2) is 0 Å². The normalized spacial score (nSPS) is 12.8. The van der Waals surface area contributed by atoms with E-state index in [0.29, 0.717) is 0 Å². The molecule has 8 heteroatoms. The molecule has 12 heterocycles. The van der Waals surface area contributed by atoms with E-state index >= 15 is 0 Å². The first-order valence-electron chi connectivity index (χ1n) is 40.1. The summed E-state index contributed by atoms with van der Waals surface area (Å²) in [6.45, 7) is 0. The minimum atomic E-state index is 0.914. The van der Waals surface area contributed by atoms with Crippen molar-refractivity contribution >= 4 is 240 Å². The molecule has 0 spiro atoms. The number of benzene rings is 18. The van der Waals surface area contributed by atoms with Crippen LogP contribution >= 0.6 is 0 Å². The molecule has 30 aromatic rings. The van der Waals surface area contributed by atoms with E-state index in [4.69, 9.17) is 8.83 Å². The van der Waals surface area contributed by atoms with Gasteiger partial charge in [0.2, 0.25) is 0 Å². The van der Waals surface area contributed by atoms with Crippen molar-refractivity contribution in [2.45, 2.75) is 0 Å². The Balaban J connectivity index is 0.000000119. The van der Waals surface area contributed by atoms with Crippen molar-refractivity contribution in [3.63, 3.8) is 0 Å². The van der Waals surface area contributed by atoms with Gasteiger partial charge in [-0.3, -0.25) is 0 Å². The molecule has 532 valence electrons. The third-order valence-electron chi connectivity index (χ3n) is 26.6. The van der Waals surface area contributed by atoms with Gasteiger partial charge in [0.05, 0.1) is 99.6 Å². The van der Waals surface area contributed by atoms with Gasteiger partial charge >= 0.3 is 0 Å². The minimum Gasteiger partial charge on any atom is -0.455 e. The Labute approximate surface area is 656 Å². The van der Waals surface area contributed by atoms with Gasteiger partial charge < -0.3 is 35.6 Å². The second-order valence-corrected chi connectivity index (χ2v) is 32.0. The minimum absolute atomic E-state index is 0.914. The van der Waals surface area contributed by atoms with E-state index in [1.807, 2.05) is 12.1 Å². The predicted molar refractivity (Wildman–Crippen MR) is 486 cm³/mol. The molecule has 0 unspecified atom stereocenters. The third kappa shape index (κ3) is 7.26. The summed E-state index contributed by atoms with van der Waals surface area (Å²) in [5.74, 6) is 0. The zero-order valence-electron chi connectivity index (χ0n) is 62.0. The van der Waals surface area contributed by atoms with Gasteiger partial charge in [0, 0.05) is 140 Å². The topological polar surface area (TPSA) is 53.8 Å². The van der Waals surface area contributed by atoms with Gasteiger partial charge in [-0.15, -0.1) is 0 Å². The van der Waals surface area contributed by atoms with Crippen molar-refractivity contribution in [1.29, 1.82) is 0 Å². The van der Waals surface area contributed by atoms with E-state index in [9.17, 15) is 0 Å². The van der Waals surface area contributed by atoms with E-state index in [0.717, 1.165) is 55.0 Å². The molecule has 12 aromatic heterocycles. The van der Waals surface area contributed by atoms with Crippen molar-refractivity contribution in [2.75, 3.05) is 0 Å². The van der Waals surface area contributed by atoms with Crippen LogP contribution in [0.15, 0.2) is 361 Å². The summed E-state index contributed by atoms with van der Waals surface area (Å²) >= 11 is 0. The molecular weight excluding hydrogens is 1410 g/mol. The average Bonchev–Trinajstić information content (AvgIpc) is 1.51. The van der Waals surface area contributed by atoms with Crippen LogP contribution in [0.25, 0.3) is 273 Å². The van der Waals surface area contributed by atoms with Crippen molar-refractivity contribution in [3.8, 4) is 33.6 Å². The molecule has 116 heavy (non-hydrogen) atoms. The largest absolute Gasteiger partial charge is 0.455 e. The molecule has 30 rings (SSSR count). The van der Waals surface area contributed by atoms with Crippen molar-refractivity contribution in [3.05, 3.63) is 352 Å². The van der Waals surface area contributed by atoms with Crippen molar-refractivity contribution in [1.82, 2.24) is 26.7 Å². The zero-order valence-corrected chi connectivity index (χ0v) is 62.0. The van der Waals surface area contributed by atoms with Gasteiger partial charge in [-0.1, -0.05) is 255 Å². The lowest BCUT2D eigenvalue weighted by Crippen LogP contribution is -1.94.